The molecule has 0 spiro atoms. The molecule has 0 aliphatic carbocycles. The lowest BCUT2D eigenvalue weighted by Gasteiger charge is -2.29. The van der Waals surface area contributed by atoms with Gasteiger partial charge < -0.3 is 14.5 Å². The lowest BCUT2D eigenvalue weighted by molar-refractivity contribution is 0.122. The molecule has 0 N–H and O–H groups in total. The maximum absolute atomic E-state index is 5.44. The Morgan fingerprint density at radius 3 is 2.79 bits per heavy atom. The molecule has 28 heavy (non-hydrogen) atoms. The average Bonchev–Trinajstić information content (AvgIpc) is 3.19. The van der Waals surface area contributed by atoms with Gasteiger partial charge in [-0.15, -0.1) is 0 Å². The van der Waals surface area contributed by atoms with Gasteiger partial charge in [-0.05, 0) is 37.5 Å². The maximum atomic E-state index is 5.44. The Morgan fingerprint density at radius 2 is 1.96 bits per heavy atom. The van der Waals surface area contributed by atoms with Crippen molar-refractivity contribution in [3.63, 3.8) is 0 Å². The third-order valence-electron chi connectivity index (χ3n) is 5.98. The maximum Gasteiger partial charge on any atom is 0.227 e. The molecule has 4 rings (SSSR count). The van der Waals surface area contributed by atoms with E-state index >= 15 is 0 Å². The van der Waals surface area contributed by atoms with E-state index in [0.29, 0.717) is 6.04 Å². The highest BCUT2D eigenvalue weighted by molar-refractivity contribution is 5.44. The van der Waals surface area contributed by atoms with Crippen LogP contribution in [0.15, 0.2) is 30.5 Å². The summed E-state index contributed by atoms with van der Waals surface area (Å²) in [6.07, 6.45) is 3.05. The number of aromatic nitrogens is 2. The third kappa shape index (κ3) is 4.28. The zero-order valence-corrected chi connectivity index (χ0v) is 17.3. The highest BCUT2D eigenvalue weighted by Crippen LogP contribution is 2.23. The second-order valence-corrected chi connectivity index (χ2v) is 8.03. The fraction of sp³-hybridized carbons (Fsp3) is 0.545. The zero-order chi connectivity index (χ0) is 19.5. The monoisotopic (exact) mass is 381 g/mol. The lowest BCUT2D eigenvalue weighted by Crippen LogP contribution is -2.38. The predicted molar refractivity (Wildman–Crippen MR) is 113 cm³/mol. The number of ether oxygens (including phenoxy) is 1. The number of likely N-dealkylation sites (N-methyl/N-ethyl adjacent to an activating group) is 1. The Hall–Kier alpha value is -2.18. The molecule has 2 fully saturated rings. The molecule has 2 aliphatic rings. The smallest absolute Gasteiger partial charge is 0.227 e. The van der Waals surface area contributed by atoms with Crippen LogP contribution in [0.4, 0.5) is 11.8 Å². The molecule has 0 saturated carbocycles. The minimum atomic E-state index is 0.484. The molecule has 1 unspecified atom stereocenters. The van der Waals surface area contributed by atoms with Crippen LogP contribution in [0.1, 0.15) is 23.1 Å². The van der Waals surface area contributed by atoms with Crippen molar-refractivity contribution < 1.29 is 4.74 Å². The Bertz CT molecular complexity index is 805. The van der Waals surface area contributed by atoms with Gasteiger partial charge in [0.15, 0.2) is 0 Å². The van der Waals surface area contributed by atoms with Crippen molar-refractivity contribution in [3.8, 4) is 0 Å². The number of benzene rings is 1. The van der Waals surface area contributed by atoms with Crippen molar-refractivity contribution in [2.75, 3.05) is 56.2 Å². The van der Waals surface area contributed by atoms with Crippen LogP contribution in [-0.4, -0.2) is 67.4 Å². The third-order valence-corrected chi connectivity index (χ3v) is 5.98. The quantitative estimate of drug-likeness (QED) is 0.793. The van der Waals surface area contributed by atoms with E-state index in [1.54, 1.807) is 0 Å². The van der Waals surface area contributed by atoms with E-state index in [0.717, 1.165) is 64.1 Å². The van der Waals surface area contributed by atoms with E-state index in [1.165, 1.54) is 16.7 Å². The SMILES string of the molecule is Cc1ccc(C)c(CN2CCC(N(C)c3ccnc(N4CCOCC4)n3)C2)c1. The number of hydrogen-bond acceptors (Lipinski definition) is 6. The van der Waals surface area contributed by atoms with E-state index in [1.807, 2.05) is 12.3 Å². The molecular formula is C22H31N5O. The molecule has 1 aromatic heterocycles. The summed E-state index contributed by atoms with van der Waals surface area (Å²) in [6, 6.07) is 9.26. The van der Waals surface area contributed by atoms with Gasteiger partial charge >= 0.3 is 0 Å². The van der Waals surface area contributed by atoms with E-state index in [4.69, 9.17) is 9.72 Å². The van der Waals surface area contributed by atoms with Crippen LogP contribution >= 0.6 is 0 Å². The second kappa shape index (κ2) is 8.45. The molecule has 1 atom stereocenters. The summed E-state index contributed by atoms with van der Waals surface area (Å²) in [6.45, 7) is 10.8. The number of hydrogen-bond donors (Lipinski definition) is 0. The van der Waals surface area contributed by atoms with Gasteiger partial charge in [-0.2, -0.15) is 4.98 Å². The number of nitrogens with zero attached hydrogens (tertiary/aromatic N) is 5. The van der Waals surface area contributed by atoms with Gasteiger partial charge in [-0.1, -0.05) is 23.8 Å². The fourth-order valence-corrected chi connectivity index (χ4v) is 4.12. The number of likely N-dealkylation sites (tertiary alicyclic amines) is 1. The molecular weight excluding hydrogens is 350 g/mol. The first-order chi connectivity index (χ1) is 13.6. The average molecular weight is 382 g/mol. The minimum absolute atomic E-state index is 0.484. The summed E-state index contributed by atoms with van der Waals surface area (Å²) in [5, 5.41) is 0. The number of rotatable bonds is 5. The molecule has 6 heteroatoms. The highest BCUT2D eigenvalue weighted by atomic mass is 16.5. The van der Waals surface area contributed by atoms with Gasteiger partial charge in [0.25, 0.3) is 0 Å². The standard InChI is InChI=1S/C22H31N5O/c1-17-4-5-18(2)19(14-17)15-26-9-7-20(16-26)25(3)21-6-8-23-22(24-21)27-10-12-28-13-11-27/h4-6,8,14,20H,7,9-13,15-16H2,1-3H3. The van der Waals surface area contributed by atoms with E-state index in [-0.39, 0.29) is 0 Å². The van der Waals surface area contributed by atoms with Gasteiger partial charge in [-0.3, -0.25) is 4.90 Å². The lowest BCUT2D eigenvalue weighted by atomic mass is 10.1. The van der Waals surface area contributed by atoms with Crippen molar-refractivity contribution in [2.45, 2.75) is 32.9 Å². The van der Waals surface area contributed by atoms with Gasteiger partial charge in [0.1, 0.15) is 5.82 Å². The van der Waals surface area contributed by atoms with Crippen molar-refractivity contribution in [1.29, 1.82) is 0 Å². The largest absolute Gasteiger partial charge is 0.378 e. The van der Waals surface area contributed by atoms with Gasteiger partial charge in [0.05, 0.1) is 13.2 Å². The summed E-state index contributed by atoms with van der Waals surface area (Å²) >= 11 is 0. The summed E-state index contributed by atoms with van der Waals surface area (Å²) in [5.41, 5.74) is 4.17. The van der Waals surface area contributed by atoms with Crippen molar-refractivity contribution in [2.24, 2.45) is 0 Å². The molecule has 150 valence electrons. The van der Waals surface area contributed by atoms with Crippen LogP contribution in [0.3, 0.4) is 0 Å². The molecule has 0 bridgehead atoms. The summed E-state index contributed by atoms with van der Waals surface area (Å²) in [5.74, 6) is 1.83. The van der Waals surface area contributed by atoms with Crippen LogP contribution in [0.25, 0.3) is 0 Å². The van der Waals surface area contributed by atoms with Crippen molar-refractivity contribution >= 4 is 11.8 Å². The molecule has 0 amide bonds. The first kappa shape index (κ1) is 19.2. The summed E-state index contributed by atoms with van der Waals surface area (Å²) in [4.78, 5) is 16.4. The van der Waals surface area contributed by atoms with Gasteiger partial charge in [0, 0.05) is 52.0 Å². The predicted octanol–water partition coefficient (Wildman–Crippen LogP) is 2.64. The Morgan fingerprint density at radius 1 is 1.14 bits per heavy atom. The van der Waals surface area contributed by atoms with E-state index < -0.39 is 0 Å². The van der Waals surface area contributed by atoms with Crippen molar-refractivity contribution in [1.82, 2.24) is 14.9 Å². The van der Waals surface area contributed by atoms with Gasteiger partial charge in [-0.25, -0.2) is 4.98 Å². The summed E-state index contributed by atoms with van der Waals surface area (Å²) < 4.78 is 5.44. The zero-order valence-electron chi connectivity index (χ0n) is 17.3. The fourth-order valence-electron chi connectivity index (χ4n) is 4.12. The minimum Gasteiger partial charge on any atom is -0.378 e. The molecule has 2 aliphatic heterocycles. The molecule has 6 nitrogen and oxygen atoms in total. The van der Waals surface area contributed by atoms with Crippen molar-refractivity contribution in [3.05, 3.63) is 47.2 Å². The second-order valence-electron chi connectivity index (χ2n) is 8.03. The molecule has 3 heterocycles. The Kier molecular flexibility index (Phi) is 5.78. The number of anilines is 2. The van der Waals surface area contributed by atoms with Crippen LogP contribution in [0.2, 0.25) is 0 Å². The first-order valence-corrected chi connectivity index (χ1v) is 10.3. The highest BCUT2D eigenvalue weighted by Gasteiger charge is 2.27. The number of morpholine rings is 1. The molecule has 1 aromatic carbocycles. The normalized spacial score (nSPS) is 20.5. The van der Waals surface area contributed by atoms with Crippen LogP contribution in [-0.2, 0) is 11.3 Å². The van der Waals surface area contributed by atoms with E-state index in [9.17, 15) is 0 Å². The summed E-state index contributed by atoms with van der Waals surface area (Å²) in [7, 11) is 2.16. The van der Waals surface area contributed by atoms with Crippen LogP contribution < -0.4 is 9.80 Å². The Balaban J connectivity index is 1.40. The van der Waals surface area contributed by atoms with Crippen LogP contribution in [0.5, 0.6) is 0 Å². The number of aryl methyl sites for hydroxylation is 2. The molecule has 2 aromatic rings. The van der Waals surface area contributed by atoms with Crippen LogP contribution in [0, 0.1) is 13.8 Å². The van der Waals surface area contributed by atoms with Gasteiger partial charge in [0.2, 0.25) is 5.95 Å². The first-order valence-electron chi connectivity index (χ1n) is 10.3. The van der Waals surface area contributed by atoms with E-state index in [2.05, 4.69) is 58.8 Å². The topological polar surface area (TPSA) is 44.7 Å². The Labute approximate surface area is 168 Å². The molecule has 0 radical (unpaired) electrons. The molecule has 2 saturated heterocycles.